The number of halogens is 1. The van der Waals surface area contributed by atoms with E-state index in [0.717, 1.165) is 69.5 Å². The van der Waals surface area contributed by atoms with Crippen LogP contribution in [0.4, 0.5) is 5.69 Å². The average Bonchev–Trinajstić information content (AvgIpc) is 3.79. The van der Waals surface area contributed by atoms with Crippen molar-refractivity contribution in [3.63, 3.8) is 0 Å². The van der Waals surface area contributed by atoms with Crippen molar-refractivity contribution in [1.29, 1.82) is 0 Å². The molecule has 47 heavy (non-hydrogen) atoms. The molecule has 0 saturated carbocycles. The number of hydrogen-bond donors (Lipinski definition) is 0. The highest BCUT2D eigenvalue weighted by molar-refractivity contribution is 9.10. The first-order valence-electron chi connectivity index (χ1n) is 15.5. The third-order valence-corrected chi connectivity index (χ3v) is 11.0. The maximum absolute atomic E-state index is 14.3. The molecule has 2 aliphatic heterocycles. The summed E-state index contributed by atoms with van der Waals surface area (Å²) >= 11 is 6.65. The highest BCUT2D eigenvalue weighted by Crippen LogP contribution is 2.37. The summed E-state index contributed by atoms with van der Waals surface area (Å²) < 4.78 is 16.5. The van der Waals surface area contributed by atoms with Gasteiger partial charge in [-0.05, 0) is 84.1 Å². The van der Waals surface area contributed by atoms with Crippen LogP contribution < -0.4 is 19.8 Å². The van der Waals surface area contributed by atoms with Crippen LogP contribution in [0.1, 0.15) is 40.4 Å². The number of carbonyl (C=O) groups excluding carboxylic acids is 1. The second kappa shape index (κ2) is 13.2. The van der Waals surface area contributed by atoms with Gasteiger partial charge >= 0.3 is 5.97 Å². The lowest BCUT2D eigenvalue weighted by molar-refractivity contribution is -0.138. The molecule has 0 radical (unpaired) electrons. The monoisotopic (exact) mass is 728 g/mol. The Morgan fingerprint density at radius 2 is 1.87 bits per heavy atom. The number of rotatable bonds is 7. The fourth-order valence-corrected chi connectivity index (χ4v) is 8.76. The first-order chi connectivity index (χ1) is 22.9. The molecule has 0 amide bonds. The SMILES string of the molecule is CCOC(=O)C1=C(c2ccccc2)N=c2s/c(=C/c3cc(C)n(-c4ccc(N5CCOCC5)c(Br)c4)c3C)c(=O)n2[C@@H]1c1cccs1. The number of hydrogen-bond acceptors (Lipinski definition) is 8. The lowest BCUT2D eigenvalue weighted by atomic mass is 9.97. The number of aryl methyl sites for hydroxylation is 1. The van der Waals surface area contributed by atoms with Gasteiger partial charge in [-0.25, -0.2) is 9.79 Å². The molecule has 2 aliphatic rings. The van der Waals surface area contributed by atoms with E-state index in [1.54, 1.807) is 11.5 Å². The molecule has 0 N–H and O–H groups in total. The Morgan fingerprint density at radius 3 is 2.57 bits per heavy atom. The highest BCUT2D eigenvalue weighted by Gasteiger charge is 2.35. The normalized spacial score (nSPS) is 16.7. The van der Waals surface area contributed by atoms with Crippen LogP contribution in [-0.2, 0) is 14.3 Å². The zero-order valence-electron chi connectivity index (χ0n) is 26.2. The summed E-state index contributed by atoms with van der Waals surface area (Å²) in [6.45, 7) is 9.32. The molecule has 1 atom stereocenters. The Balaban J connectivity index is 1.35. The van der Waals surface area contributed by atoms with E-state index >= 15 is 0 Å². The summed E-state index contributed by atoms with van der Waals surface area (Å²) in [5.41, 5.74) is 6.70. The molecular weight excluding hydrogens is 696 g/mol. The van der Waals surface area contributed by atoms with Crippen molar-refractivity contribution in [3.05, 3.63) is 129 Å². The van der Waals surface area contributed by atoms with E-state index < -0.39 is 12.0 Å². The summed E-state index contributed by atoms with van der Waals surface area (Å²) in [6, 6.07) is 21.4. The van der Waals surface area contributed by atoms with E-state index in [9.17, 15) is 9.59 Å². The van der Waals surface area contributed by atoms with E-state index in [-0.39, 0.29) is 12.2 Å². The second-order valence-corrected chi connectivity index (χ2v) is 14.2. The predicted octanol–water partition coefficient (Wildman–Crippen LogP) is 6.00. The van der Waals surface area contributed by atoms with Gasteiger partial charge in [0.2, 0.25) is 0 Å². The van der Waals surface area contributed by atoms with E-state index in [4.69, 9.17) is 14.5 Å². The summed E-state index contributed by atoms with van der Waals surface area (Å²) in [5, 5.41) is 1.96. The Kier molecular flexibility index (Phi) is 8.89. The van der Waals surface area contributed by atoms with Crippen molar-refractivity contribution in [2.24, 2.45) is 4.99 Å². The molecular formula is C36H33BrN4O4S2. The summed E-state index contributed by atoms with van der Waals surface area (Å²) in [5.74, 6) is -0.475. The highest BCUT2D eigenvalue weighted by atomic mass is 79.9. The first-order valence-corrected chi connectivity index (χ1v) is 18.0. The number of fused-ring (bicyclic) bond motifs is 1. The zero-order chi connectivity index (χ0) is 32.7. The topological polar surface area (TPSA) is 78.1 Å². The number of carbonyl (C=O) groups is 1. The molecule has 0 spiro atoms. The molecule has 1 fully saturated rings. The number of benzene rings is 2. The van der Waals surface area contributed by atoms with Crippen molar-refractivity contribution in [2.75, 3.05) is 37.8 Å². The van der Waals surface area contributed by atoms with E-state index in [1.165, 1.54) is 22.7 Å². The molecule has 11 heteroatoms. The lowest BCUT2D eigenvalue weighted by Gasteiger charge is -2.30. The van der Waals surface area contributed by atoms with E-state index in [1.807, 2.05) is 53.9 Å². The van der Waals surface area contributed by atoms with Gasteiger partial charge < -0.3 is 18.9 Å². The van der Waals surface area contributed by atoms with Gasteiger partial charge in [-0.3, -0.25) is 9.36 Å². The van der Waals surface area contributed by atoms with Crippen molar-refractivity contribution in [1.82, 2.24) is 9.13 Å². The molecule has 240 valence electrons. The van der Waals surface area contributed by atoms with Gasteiger partial charge in [0.15, 0.2) is 4.80 Å². The number of anilines is 1. The molecule has 1 saturated heterocycles. The third kappa shape index (κ3) is 5.86. The van der Waals surface area contributed by atoms with Crippen molar-refractivity contribution in [2.45, 2.75) is 26.8 Å². The van der Waals surface area contributed by atoms with Crippen LogP contribution in [0.15, 0.2) is 91.9 Å². The zero-order valence-corrected chi connectivity index (χ0v) is 29.5. The van der Waals surface area contributed by atoms with Crippen molar-refractivity contribution < 1.29 is 14.3 Å². The predicted molar refractivity (Wildman–Crippen MR) is 191 cm³/mol. The van der Waals surface area contributed by atoms with Crippen LogP contribution in [0.2, 0.25) is 0 Å². The number of esters is 1. The summed E-state index contributed by atoms with van der Waals surface area (Å²) in [6.07, 6.45) is 1.95. The minimum atomic E-state index is -0.655. The Morgan fingerprint density at radius 1 is 1.09 bits per heavy atom. The number of thiazole rings is 1. The maximum atomic E-state index is 14.3. The lowest BCUT2D eigenvalue weighted by Crippen LogP contribution is -2.39. The van der Waals surface area contributed by atoms with Crippen LogP contribution in [-0.4, -0.2) is 48.0 Å². The molecule has 3 aromatic heterocycles. The van der Waals surface area contributed by atoms with Crippen LogP contribution >= 0.6 is 38.6 Å². The quantitative estimate of drug-likeness (QED) is 0.192. The second-order valence-electron chi connectivity index (χ2n) is 11.3. The number of aromatic nitrogens is 2. The number of ether oxygens (including phenoxy) is 2. The van der Waals surface area contributed by atoms with Crippen LogP contribution in [0.25, 0.3) is 17.5 Å². The Bertz CT molecular complexity index is 2180. The maximum Gasteiger partial charge on any atom is 0.338 e. The number of thiophene rings is 1. The van der Waals surface area contributed by atoms with Gasteiger partial charge in [0.05, 0.1) is 41.3 Å². The molecule has 0 aliphatic carbocycles. The van der Waals surface area contributed by atoms with Crippen LogP contribution in [0.5, 0.6) is 0 Å². The third-order valence-electron chi connectivity index (χ3n) is 8.48. The van der Waals surface area contributed by atoms with Gasteiger partial charge in [0, 0.05) is 45.1 Å². The van der Waals surface area contributed by atoms with Gasteiger partial charge in [-0.2, -0.15) is 0 Å². The van der Waals surface area contributed by atoms with Crippen molar-refractivity contribution >= 4 is 62.0 Å². The van der Waals surface area contributed by atoms with Crippen LogP contribution in [0.3, 0.4) is 0 Å². The average molecular weight is 730 g/mol. The fraction of sp³-hybridized carbons (Fsp3) is 0.250. The van der Waals surface area contributed by atoms with Gasteiger partial charge in [0.25, 0.3) is 5.56 Å². The molecule has 8 nitrogen and oxygen atoms in total. The Hall–Kier alpha value is -4.03. The first kappa shape index (κ1) is 31.6. The molecule has 2 aromatic carbocycles. The molecule has 5 heterocycles. The molecule has 0 unspecified atom stereocenters. The molecule has 5 aromatic rings. The standard InChI is InChI=1S/C36H33BrN4O4S2/c1-4-45-35(43)31-32(24-9-6-5-7-10-24)38-36-41(33(31)29-11-8-18-46-29)34(42)30(47-36)20-25-19-22(2)40(23(25)3)26-12-13-28(27(37)21-26)39-14-16-44-17-15-39/h5-13,18-21,33H,4,14-17H2,1-3H3/b30-20+/t33-/m1/s1. The van der Waals surface area contributed by atoms with Gasteiger partial charge in [-0.1, -0.05) is 47.7 Å². The number of morpholine rings is 1. The number of nitrogens with zero attached hydrogens (tertiary/aromatic N) is 4. The summed E-state index contributed by atoms with van der Waals surface area (Å²) in [4.78, 5) is 36.6. The van der Waals surface area contributed by atoms with Gasteiger partial charge in [0.1, 0.15) is 6.04 Å². The van der Waals surface area contributed by atoms with E-state index in [0.29, 0.717) is 20.6 Å². The molecule has 7 rings (SSSR count). The van der Waals surface area contributed by atoms with Crippen molar-refractivity contribution in [3.8, 4) is 5.69 Å². The minimum Gasteiger partial charge on any atom is -0.463 e. The van der Waals surface area contributed by atoms with Gasteiger partial charge in [-0.15, -0.1) is 11.3 Å². The minimum absolute atomic E-state index is 0.191. The smallest absolute Gasteiger partial charge is 0.338 e. The Labute approximate surface area is 288 Å². The largest absolute Gasteiger partial charge is 0.463 e. The summed E-state index contributed by atoms with van der Waals surface area (Å²) in [7, 11) is 0. The van der Waals surface area contributed by atoms with E-state index in [2.05, 4.69) is 63.5 Å². The molecule has 0 bridgehead atoms. The van der Waals surface area contributed by atoms with Crippen LogP contribution in [0, 0.1) is 13.8 Å². The fourth-order valence-electron chi connectivity index (χ4n) is 6.32.